The molecule has 1 aromatic carbocycles. The minimum atomic E-state index is -0.382. The van der Waals surface area contributed by atoms with Crippen LogP contribution in [0.5, 0.6) is 0 Å². The van der Waals surface area contributed by atoms with E-state index in [0.29, 0.717) is 17.8 Å². The molecule has 0 fully saturated rings. The fourth-order valence-corrected chi connectivity index (χ4v) is 1.73. The van der Waals surface area contributed by atoms with E-state index < -0.39 is 0 Å². The van der Waals surface area contributed by atoms with Gasteiger partial charge in [0.15, 0.2) is 0 Å². The molecular formula is C14H14N2O3. The van der Waals surface area contributed by atoms with Crippen molar-refractivity contribution in [2.24, 2.45) is 0 Å². The molecule has 2 N–H and O–H groups in total. The standard InChI is InChI=1S/C14H14N2O3/c1-19-14(18)11-4-2-10(3-5-11)8-16-9-12(15)6-7-13(16)17/h2-7,9H,8,15H2,1H3. The number of nitrogen functional groups attached to an aromatic ring is 1. The number of esters is 1. The molecule has 0 saturated carbocycles. The summed E-state index contributed by atoms with van der Waals surface area (Å²) >= 11 is 0. The predicted molar refractivity (Wildman–Crippen MR) is 72.0 cm³/mol. The Morgan fingerprint density at radius 1 is 1.21 bits per heavy atom. The van der Waals surface area contributed by atoms with Crippen LogP contribution in [0.1, 0.15) is 15.9 Å². The molecule has 0 spiro atoms. The lowest BCUT2D eigenvalue weighted by atomic mass is 10.1. The topological polar surface area (TPSA) is 74.3 Å². The maximum absolute atomic E-state index is 11.6. The summed E-state index contributed by atoms with van der Waals surface area (Å²) in [6.07, 6.45) is 1.59. The number of anilines is 1. The first-order valence-corrected chi connectivity index (χ1v) is 5.73. The van der Waals surface area contributed by atoms with Gasteiger partial charge < -0.3 is 15.0 Å². The van der Waals surface area contributed by atoms with Gasteiger partial charge >= 0.3 is 5.97 Å². The Morgan fingerprint density at radius 3 is 2.53 bits per heavy atom. The lowest BCUT2D eigenvalue weighted by Gasteiger charge is -2.07. The predicted octanol–water partition coefficient (Wildman–Crippen LogP) is 1.27. The van der Waals surface area contributed by atoms with Crippen LogP contribution >= 0.6 is 0 Å². The Kier molecular flexibility index (Phi) is 3.66. The lowest BCUT2D eigenvalue weighted by molar-refractivity contribution is 0.0600. The number of rotatable bonds is 3. The number of aromatic nitrogens is 1. The monoisotopic (exact) mass is 258 g/mol. The highest BCUT2D eigenvalue weighted by Crippen LogP contribution is 2.07. The Labute approximate surface area is 110 Å². The van der Waals surface area contributed by atoms with Gasteiger partial charge in [-0.2, -0.15) is 0 Å². The molecule has 98 valence electrons. The summed E-state index contributed by atoms with van der Waals surface area (Å²) in [5.74, 6) is -0.382. The maximum atomic E-state index is 11.6. The molecule has 1 heterocycles. The lowest BCUT2D eigenvalue weighted by Crippen LogP contribution is -2.19. The summed E-state index contributed by atoms with van der Waals surface area (Å²) in [5, 5.41) is 0. The van der Waals surface area contributed by atoms with Gasteiger partial charge in [-0.15, -0.1) is 0 Å². The van der Waals surface area contributed by atoms with Crippen molar-refractivity contribution in [2.75, 3.05) is 12.8 Å². The maximum Gasteiger partial charge on any atom is 0.337 e. The van der Waals surface area contributed by atoms with E-state index in [9.17, 15) is 9.59 Å². The molecule has 0 unspecified atom stereocenters. The average Bonchev–Trinajstić information content (AvgIpc) is 2.43. The number of nitrogens with zero attached hydrogens (tertiary/aromatic N) is 1. The van der Waals surface area contributed by atoms with Gasteiger partial charge in [0.2, 0.25) is 0 Å². The van der Waals surface area contributed by atoms with Crippen LogP contribution in [0.2, 0.25) is 0 Å². The zero-order valence-corrected chi connectivity index (χ0v) is 10.5. The van der Waals surface area contributed by atoms with E-state index in [1.54, 1.807) is 36.5 Å². The molecule has 1 aromatic heterocycles. The number of methoxy groups -OCH3 is 1. The molecule has 2 rings (SSSR count). The number of hydrogen-bond acceptors (Lipinski definition) is 4. The summed E-state index contributed by atoms with van der Waals surface area (Å²) in [5.41, 5.74) is 7.44. The Bertz CT molecular complexity index is 644. The summed E-state index contributed by atoms with van der Waals surface area (Å²) in [6, 6.07) is 9.89. The van der Waals surface area contributed by atoms with Gasteiger partial charge in [0, 0.05) is 18.0 Å². The van der Waals surface area contributed by atoms with Crippen molar-refractivity contribution in [3.05, 3.63) is 64.1 Å². The average molecular weight is 258 g/mol. The number of ether oxygens (including phenoxy) is 1. The normalized spacial score (nSPS) is 10.2. The molecule has 0 aliphatic carbocycles. The molecule has 0 saturated heterocycles. The zero-order chi connectivity index (χ0) is 13.8. The third-order valence-electron chi connectivity index (χ3n) is 2.73. The first kappa shape index (κ1) is 12.9. The fraction of sp³-hybridized carbons (Fsp3) is 0.143. The Hall–Kier alpha value is -2.56. The van der Waals surface area contributed by atoms with Gasteiger partial charge in [-0.1, -0.05) is 12.1 Å². The van der Waals surface area contributed by atoms with Crippen LogP contribution in [0.4, 0.5) is 5.69 Å². The minimum absolute atomic E-state index is 0.119. The minimum Gasteiger partial charge on any atom is -0.465 e. The van der Waals surface area contributed by atoms with Crippen molar-refractivity contribution in [3.8, 4) is 0 Å². The van der Waals surface area contributed by atoms with Gasteiger partial charge in [-0.25, -0.2) is 4.79 Å². The number of nitrogens with two attached hydrogens (primary N) is 1. The second-order valence-electron chi connectivity index (χ2n) is 4.12. The van der Waals surface area contributed by atoms with Crippen LogP contribution < -0.4 is 11.3 Å². The second-order valence-corrected chi connectivity index (χ2v) is 4.12. The van der Waals surface area contributed by atoms with Gasteiger partial charge in [-0.05, 0) is 23.8 Å². The number of benzene rings is 1. The van der Waals surface area contributed by atoms with E-state index >= 15 is 0 Å². The highest BCUT2D eigenvalue weighted by molar-refractivity contribution is 5.89. The van der Waals surface area contributed by atoms with E-state index in [4.69, 9.17) is 5.73 Å². The van der Waals surface area contributed by atoms with Crippen molar-refractivity contribution < 1.29 is 9.53 Å². The number of carbonyl (C=O) groups is 1. The molecule has 0 amide bonds. The summed E-state index contributed by atoms with van der Waals surface area (Å²) in [4.78, 5) is 22.9. The fourth-order valence-electron chi connectivity index (χ4n) is 1.73. The highest BCUT2D eigenvalue weighted by atomic mass is 16.5. The van der Waals surface area contributed by atoms with Crippen molar-refractivity contribution in [2.45, 2.75) is 6.54 Å². The molecular weight excluding hydrogens is 244 g/mol. The third-order valence-corrected chi connectivity index (χ3v) is 2.73. The molecule has 2 aromatic rings. The first-order valence-electron chi connectivity index (χ1n) is 5.73. The summed E-state index contributed by atoms with van der Waals surface area (Å²) < 4.78 is 6.13. The summed E-state index contributed by atoms with van der Waals surface area (Å²) in [6.45, 7) is 0.408. The van der Waals surface area contributed by atoms with Crippen LogP contribution in [-0.2, 0) is 11.3 Å². The summed E-state index contributed by atoms with van der Waals surface area (Å²) in [7, 11) is 1.34. The van der Waals surface area contributed by atoms with Crippen molar-refractivity contribution >= 4 is 11.7 Å². The third kappa shape index (κ3) is 3.01. The first-order chi connectivity index (χ1) is 9.10. The second kappa shape index (κ2) is 5.39. The van der Waals surface area contributed by atoms with E-state index in [1.165, 1.54) is 17.7 Å². The Morgan fingerprint density at radius 2 is 1.89 bits per heavy atom. The van der Waals surface area contributed by atoms with Gasteiger partial charge in [0.25, 0.3) is 5.56 Å². The van der Waals surface area contributed by atoms with Crippen molar-refractivity contribution in [1.29, 1.82) is 0 Å². The van der Waals surface area contributed by atoms with Gasteiger partial charge in [0.05, 0.1) is 19.2 Å². The van der Waals surface area contributed by atoms with Crippen LogP contribution in [-0.4, -0.2) is 17.6 Å². The SMILES string of the molecule is COC(=O)c1ccc(Cn2cc(N)ccc2=O)cc1. The van der Waals surface area contributed by atoms with E-state index in [-0.39, 0.29) is 11.5 Å². The molecule has 0 aliphatic heterocycles. The number of pyridine rings is 1. The largest absolute Gasteiger partial charge is 0.465 e. The number of carbonyl (C=O) groups excluding carboxylic acids is 1. The van der Waals surface area contributed by atoms with Crippen LogP contribution in [0, 0.1) is 0 Å². The van der Waals surface area contributed by atoms with Crippen molar-refractivity contribution in [1.82, 2.24) is 4.57 Å². The molecule has 0 bridgehead atoms. The molecule has 0 radical (unpaired) electrons. The smallest absolute Gasteiger partial charge is 0.337 e. The molecule has 5 nitrogen and oxygen atoms in total. The number of hydrogen-bond donors (Lipinski definition) is 1. The van der Waals surface area contributed by atoms with Crippen LogP contribution in [0.15, 0.2) is 47.4 Å². The van der Waals surface area contributed by atoms with E-state index in [2.05, 4.69) is 4.74 Å². The van der Waals surface area contributed by atoms with Crippen molar-refractivity contribution in [3.63, 3.8) is 0 Å². The quantitative estimate of drug-likeness (QED) is 0.841. The zero-order valence-electron chi connectivity index (χ0n) is 10.5. The molecule has 19 heavy (non-hydrogen) atoms. The van der Waals surface area contributed by atoms with Gasteiger partial charge in [0.1, 0.15) is 0 Å². The molecule has 0 aliphatic rings. The van der Waals surface area contributed by atoms with E-state index in [0.717, 1.165) is 5.56 Å². The van der Waals surface area contributed by atoms with E-state index in [1.807, 2.05) is 0 Å². The highest BCUT2D eigenvalue weighted by Gasteiger charge is 2.05. The molecule has 0 atom stereocenters. The Balaban J connectivity index is 2.22. The molecule has 5 heteroatoms. The van der Waals surface area contributed by atoms with Crippen LogP contribution in [0.25, 0.3) is 0 Å². The van der Waals surface area contributed by atoms with Gasteiger partial charge in [-0.3, -0.25) is 4.79 Å². The van der Waals surface area contributed by atoms with Crippen LogP contribution in [0.3, 0.4) is 0 Å².